The molecule has 0 radical (unpaired) electrons. The van der Waals surface area contributed by atoms with E-state index in [4.69, 9.17) is 4.74 Å². The van der Waals surface area contributed by atoms with Crippen LogP contribution in [0.4, 0.5) is 0 Å². The molecule has 0 N–H and O–H groups in total. The number of hydrogen-bond donors (Lipinski definition) is 0. The number of hydrogen-bond acceptors (Lipinski definition) is 5. The van der Waals surface area contributed by atoms with Crippen LogP contribution in [0.1, 0.15) is 66.8 Å². The lowest BCUT2D eigenvalue weighted by Gasteiger charge is -2.34. The van der Waals surface area contributed by atoms with Gasteiger partial charge in [0, 0.05) is 17.2 Å². The summed E-state index contributed by atoms with van der Waals surface area (Å²) in [6, 6.07) is 0.0508. The van der Waals surface area contributed by atoms with E-state index in [1.807, 2.05) is 18.7 Å². The first-order chi connectivity index (χ1) is 11.9. The van der Waals surface area contributed by atoms with Crippen molar-refractivity contribution in [2.45, 2.75) is 73.3 Å². The second kappa shape index (κ2) is 7.51. The van der Waals surface area contributed by atoms with E-state index in [0.29, 0.717) is 5.19 Å². The van der Waals surface area contributed by atoms with Crippen LogP contribution in [0.2, 0.25) is 0 Å². The number of allylic oxidation sites excluding steroid dienone is 3. The van der Waals surface area contributed by atoms with Gasteiger partial charge in [-0.3, -0.25) is 4.79 Å². The number of nitrogens with zero attached hydrogens (tertiary/aromatic N) is 3. The molecular formula is C20H31N3O2S. The van der Waals surface area contributed by atoms with Crippen LogP contribution in [0.3, 0.4) is 0 Å². The first-order valence-electron chi connectivity index (χ1n) is 9.08. The molecule has 1 aliphatic rings. The van der Waals surface area contributed by atoms with E-state index in [-0.39, 0.29) is 29.4 Å². The molecule has 2 rings (SSSR count). The van der Waals surface area contributed by atoms with Gasteiger partial charge in [0.15, 0.2) is 6.61 Å². The average Bonchev–Trinajstić information content (AvgIpc) is 2.91. The standard InChI is InChI=1S/C20H31N3O2S/c1-13(2)23(15-9-14(3)10-20(7,8)11-15)16(24)12-25-18-22-21-17(26-18)19(4,5)6/h9,11,13H,10,12H2,1-8H3. The first-order valence-corrected chi connectivity index (χ1v) is 9.89. The SMILES string of the molecule is CC1=CC(N(C(=O)COc2nnc(C(C)(C)C)s2)C(C)C)=CC(C)(C)C1. The fraction of sp³-hybridized carbons (Fsp3) is 0.650. The molecule has 0 fully saturated rings. The molecule has 0 spiro atoms. The monoisotopic (exact) mass is 377 g/mol. The smallest absolute Gasteiger partial charge is 0.294 e. The van der Waals surface area contributed by atoms with Gasteiger partial charge in [0.05, 0.1) is 0 Å². The van der Waals surface area contributed by atoms with Gasteiger partial charge in [-0.25, -0.2) is 0 Å². The molecule has 5 nitrogen and oxygen atoms in total. The Hall–Kier alpha value is -1.69. The second-order valence-corrected chi connectivity index (χ2v) is 9.93. The molecule has 0 aromatic carbocycles. The molecule has 0 saturated carbocycles. The molecule has 1 aromatic heterocycles. The van der Waals surface area contributed by atoms with E-state index in [2.05, 4.69) is 63.9 Å². The average molecular weight is 378 g/mol. The lowest BCUT2D eigenvalue weighted by molar-refractivity contribution is -0.132. The Labute approximate surface area is 161 Å². The zero-order valence-electron chi connectivity index (χ0n) is 17.2. The van der Waals surface area contributed by atoms with Gasteiger partial charge in [0.25, 0.3) is 11.1 Å². The summed E-state index contributed by atoms with van der Waals surface area (Å²) >= 11 is 1.40. The highest BCUT2D eigenvalue weighted by Crippen LogP contribution is 2.35. The van der Waals surface area contributed by atoms with Gasteiger partial charge in [-0.1, -0.05) is 57.6 Å². The molecule has 6 heteroatoms. The summed E-state index contributed by atoms with van der Waals surface area (Å²) < 4.78 is 5.65. The number of carbonyl (C=O) groups is 1. The Morgan fingerprint density at radius 3 is 2.50 bits per heavy atom. The van der Waals surface area contributed by atoms with Gasteiger partial charge in [0.2, 0.25) is 0 Å². The fourth-order valence-electron chi connectivity index (χ4n) is 3.15. The second-order valence-electron chi connectivity index (χ2n) is 8.99. The topological polar surface area (TPSA) is 55.3 Å². The van der Waals surface area contributed by atoms with Crippen molar-refractivity contribution in [2.75, 3.05) is 6.61 Å². The summed E-state index contributed by atoms with van der Waals surface area (Å²) in [7, 11) is 0. The van der Waals surface area contributed by atoms with Crippen LogP contribution < -0.4 is 4.74 Å². The summed E-state index contributed by atoms with van der Waals surface area (Å²) in [5.74, 6) is -0.0690. The molecule has 0 unspecified atom stereocenters. The molecule has 0 atom stereocenters. The zero-order valence-corrected chi connectivity index (χ0v) is 18.0. The van der Waals surface area contributed by atoms with Crippen molar-refractivity contribution < 1.29 is 9.53 Å². The third-order valence-electron chi connectivity index (χ3n) is 4.10. The molecule has 0 bridgehead atoms. The largest absolute Gasteiger partial charge is 0.459 e. The molecule has 1 amide bonds. The Balaban J connectivity index is 2.12. The third-order valence-corrected chi connectivity index (χ3v) is 5.36. The highest BCUT2D eigenvalue weighted by molar-refractivity contribution is 7.13. The lowest BCUT2D eigenvalue weighted by Crippen LogP contribution is -2.40. The molecule has 0 saturated heterocycles. The van der Waals surface area contributed by atoms with Crippen molar-refractivity contribution in [1.82, 2.24) is 15.1 Å². The van der Waals surface area contributed by atoms with Gasteiger partial charge in [-0.15, -0.1) is 10.2 Å². The van der Waals surface area contributed by atoms with Gasteiger partial charge in [-0.2, -0.15) is 0 Å². The predicted molar refractivity (Wildman–Crippen MR) is 106 cm³/mol. The number of carbonyl (C=O) groups excluding carboxylic acids is 1. The zero-order chi connectivity index (χ0) is 19.7. The van der Waals surface area contributed by atoms with Crippen LogP contribution in [0.25, 0.3) is 0 Å². The van der Waals surface area contributed by atoms with Crippen molar-refractivity contribution >= 4 is 17.2 Å². The van der Waals surface area contributed by atoms with Gasteiger partial charge in [-0.05, 0) is 38.7 Å². The molecule has 1 heterocycles. The molecule has 26 heavy (non-hydrogen) atoms. The molecule has 0 aliphatic heterocycles. The molecule has 144 valence electrons. The molecule has 1 aliphatic carbocycles. The predicted octanol–water partition coefficient (Wildman–Crippen LogP) is 4.71. The van der Waals surface area contributed by atoms with E-state index in [0.717, 1.165) is 17.1 Å². The van der Waals surface area contributed by atoms with Gasteiger partial charge in [0.1, 0.15) is 5.01 Å². The van der Waals surface area contributed by atoms with E-state index in [1.54, 1.807) is 0 Å². The Bertz CT molecular complexity index is 724. The third kappa shape index (κ3) is 5.16. The summed E-state index contributed by atoms with van der Waals surface area (Å²) in [4.78, 5) is 14.7. The van der Waals surface area contributed by atoms with Crippen molar-refractivity contribution in [3.05, 3.63) is 28.4 Å². The Kier molecular flexibility index (Phi) is 5.95. The van der Waals surface area contributed by atoms with Crippen LogP contribution >= 0.6 is 11.3 Å². The van der Waals surface area contributed by atoms with Crippen molar-refractivity contribution in [1.29, 1.82) is 0 Å². The number of aromatic nitrogens is 2. The fourth-order valence-corrected chi connectivity index (χ4v) is 3.90. The van der Waals surface area contributed by atoms with Crippen molar-refractivity contribution in [2.24, 2.45) is 5.41 Å². The minimum absolute atomic E-state index is 0.0401. The summed E-state index contributed by atoms with van der Waals surface area (Å²) in [6.07, 6.45) is 5.29. The van der Waals surface area contributed by atoms with Gasteiger partial charge < -0.3 is 9.64 Å². The number of rotatable bonds is 5. The Morgan fingerprint density at radius 1 is 1.35 bits per heavy atom. The van der Waals surface area contributed by atoms with Crippen LogP contribution in [-0.4, -0.2) is 33.7 Å². The number of ether oxygens (including phenoxy) is 1. The van der Waals surface area contributed by atoms with Crippen LogP contribution in [0.5, 0.6) is 5.19 Å². The van der Waals surface area contributed by atoms with Crippen molar-refractivity contribution in [3.63, 3.8) is 0 Å². The van der Waals surface area contributed by atoms with Gasteiger partial charge >= 0.3 is 0 Å². The minimum atomic E-state index is -0.0753. The summed E-state index contributed by atoms with van der Waals surface area (Å²) in [6.45, 7) is 16.7. The normalized spacial score (nSPS) is 17.0. The van der Waals surface area contributed by atoms with Crippen LogP contribution in [0.15, 0.2) is 23.4 Å². The molecular weight excluding hydrogens is 346 g/mol. The van der Waals surface area contributed by atoms with E-state index >= 15 is 0 Å². The van der Waals surface area contributed by atoms with Crippen molar-refractivity contribution in [3.8, 4) is 5.19 Å². The maximum absolute atomic E-state index is 12.9. The maximum atomic E-state index is 12.9. The molecule has 1 aromatic rings. The van der Waals surface area contributed by atoms with E-state index in [1.165, 1.54) is 16.9 Å². The highest BCUT2D eigenvalue weighted by Gasteiger charge is 2.28. The number of amides is 1. The van der Waals surface area contributed by atoms with E-state index in [9.17, 15) is 4.79 Å². The first kappa shape index (κ1) is 20.6. The Morgan fingerprint density at radius 2 is 2.00 bits per heavy atom. The summed E-state index contributed by atoms with van der Waals surface area (Å²) in [5.41, 5.74) is 2.21. The quantitative estimate of drug-likeness (QED) is 0.745. The minimum Gasteiger partial charge on any atom is -0.459 e. The lowest BCUT2D eigenvalue weighted by atomic mass is 9.81. The highest BCUT2D eigenvalue weighted by atomic mass is 32.1. The maximum Gasteiger partial charge on any atom is 0.294 e. The van der Waals surface area contributed by atoms with E-state index < -0.39 is 0 Å². The van der Waals surface area contributed by atoms with Crippen LogP contribution in [-0.2, 0) is 10.2 Å². The summed E-state index contributed by atoms with van der Waals surface area (Å²) in [5, 5.41) is 9.56. The van der Waals surface area contributed by atoms with Crippen LogP contribution in [0, 0.1) is 5.41 Å².